The predicted molar refractivity (Wildman–Crippen MR) is 37.4 cm³/mol. The van der Waals surface area contributed by atoms with Crippen LogP contribution >= 0.6 is 0 Å². The summed E-state index contributed by atoms with van der Waals surface area (Å²) in [5.41, 5.74) is 5.08. The third-order valence-corrected chi connectivity index (χ3v) is 1.26. The van der Waals surface area contributed by atoms with E-state index in [-0.39, 0.29) is 11.3 Å². The number of ether oxygens (including phenoxy) is 1. The average Bonchev–Trinajstić information content (AvgIpc) is 2.04. The van der Waals surface area contributed by atoms with Gasteiger partial charge in [-0.05, 0) is 12.2 Å². The molecule has 11 heavy (non-hydrogen) atoms. The molecule has 1 heterocycles. The van der Waals surface area contributed by atoms with Gasteiger partial charge in [0.15, 0.2) is 12.0 Å². The van der Waals surface area contributed by atoms with Crippen molar-refractivity contribution in [2.45, 2.75) is 0 Å². The van der Waals surface area contributed by atoms with Crippen LogP contribution in [0.15, 0.2) is 23.5 Å². The Balaban J connectivity index is 3.01. The van der Waals surface area contributed by atoms with E-state index in [2.05, 4.69) is 0 Å². The molecule has 4 heteroatoms. The molecule has 58 valence electrons. The number of hydrogen-bond acceptors (Lipinski definition) is 3. The predicted octanol–water partition coefficient (Wildman–Crippen LogP) is -0.489. The Morgan fingerprint density at radius 3 is 2.91 bits per heavy atom. The summed E-state index contributed by atoms with van der Waals surface area (Å²) in [6, 6.07) is 0. The fraction of sp³-hybridized carbons (Fsp3) is 0.143. The second-order valence-corrected chi connectivity index (χ2v) is 1.97. The lowest BCUT2D eigenvalue weighted by Gasteiger charge is -2.09. The van der Waals surface area contributed by atoms with Crippen LogP contribution in [0.3, 0.4) is 0 Å². The van der Waals surface area contributed by atoms with Gasteiger partial charge in [0.1, 0.15) is 6.61 Å². The molecule has 1 aliphatic heterocycles. The molecule has 0 saturated heterocycles. The van der Waals surface area contributed by atoms with Crippen LogP contribution in [0.1, 0.15) is 0 Å². The summed E-state index contributed by atoms with van der Waals surface area (Å²) in [6.45, 7) is 0.310. The summed E-state index contributed by atoms with van der Waals surface area (Å²) in [5, 5.41) is 0. The molecular weight excluding hydrogens is 146 g/mol. The van der Waals surface area contributed by atoms with Gasteiger partial charge < -0.3 is 10.5 Å². The van der Waals surface area contributed by atoms with Crippen molar-refractivity contribution in [3.8, 4) is 0 Å². The van der Waals surface area contributed by atoms with E-state index in [0.29, 0.717) is 12.9 Å². The Kier molecular flexibility index (Phi) is 2.06. The first-order valence-corrected chi connectivity index (χ1v) is 3.04. The molecule has 0 aromatic heterocycles. The van der Waals surface area contributed by atoms with Crippen LogP contribution in [-0.2, 0) is 14.3 Å². The lowest BCUT2D eigenvalue weighted by atomic mass is 10.2. The summed E-state index contributed by atoms with van der Waals surface area (Å²) in [5.74, 6) is -0.636. The number of hydrogen-bond donors (Lipinski definition) is 1. The van der Waals surface area contributed by atoms with E-state index in [0.717, 1.165) is 0 Å². The van der Waals surface area contributed by atoms with Gasteiger partial charge in [-0.2, -0.15) is 0 Å². The number of rotatable bonds is 2. The summed E-state index contributed by atoms with van der Waals surface area (Å²) in [4.78, 5) is 20.8. The molecule has 0 aliphatic carbocycles. The number of primary amides is 1. The van der Waals surface area contributed by atoms with Crippen molar-refractivity contribution in [2.24, 2.45) is 5.73 Å². The first-order chi connectivity index (χ1) is 5.25. The molecule has 1 rings (SSSR count). The van der Waals surface area contributed by atoms with E-state index < -0.39 is 5.91 Å². The first kappa shape index (κ1) is 7.53. The fourth-order valence-corrected chi connectivity index (χ4v) is 0.765. The minimum Gasteiger partial charge on any atom is -0.485 e. The van der Waals surface area contributed by atoms with Gasteiger partial charge in [-0.1, -0.05) is 0 Å². The normalized spacial score (nSPS) is 16.0. The molecule has 0 aromatic carbocycles. The smallest absolute Gasteiger partial charge is 0.252 e. The quantitative estimate of drug-likeness (QED) is 0.544. The van der Waals surface area contributed by atoms with Gasteiger partial charge in [-0.15, -0.1) is 0 Å². The lowest BCUT2D eigenvalue weighted by molar-refractivity contribution is -0.115. The molecule has 0 spiro atoms. The maximum atomic E-state index is 10.6. The highest BCUT2D eigenvalue weighted by atomic mass is 16.5. The fourth-order valence-electron chi connectivity index (χ4n) is 0.765. The van der Waals surface area contributed by atoms with Crippen molar-refractivity contribution in [2.75, 3.05) is 6.61 Å². The lowest BCUT2D eigenvalue weighted by Crippen LogP contribution is -2.18. The van der Waals surface area contributed by atoms with Crippen molar-refractivity contribution in [1.29, 1.82) is 0 Å². The van der Waals surface area contributed by atoms with E-state index in [1.165, 1.54) is 6.08 Å². The molecule has 1 amide bonds. The molecular formula is C7H7NO3. The van der Waals surface area contributed by atoms with Crippen molar-refractivity contribution in [3.05, 3.63) is 23.5 Å². The minimum atomic E-state index is -0.650. The molecule has 2 N–H and O–H groups in total. The number of amides is 1. The molecule has 0 unspecified atom stereocenters. The maximum absolute atomic E-state index is 10.6. The molecule has 4 nitrogen and oxygen atoms in total. The topological polar surface area (TPSA) is 69.4 Å². The van der Waals surface area contributed by atoms with Crippen LogP contribution in [-0.4, -0.2) is 18.8 Å². The number of allylic oxidation sites excluding steroid dienone is 1. The minimum absolute atomic E-state index is 0.0139. The molecule has 0 aromatic rings. The maximum Gasteiger partial charge on any atom is 0.252 e. The van der Waals surface area contributed by atoms with Crippen LogP contribution in [0.2, 0.25) is 0 Å². The van der Waals surface area contributed by atoms with Crippen LogP contribution in [0.25, 0.3) is 0 Å². The van der Waals surface area contributed by atoms with Crippen LogP contribution in [0.5, 0.6) is 0 Å². The van der Waals surface area contributed by atoms with E-state index in [4.69, 9.17) is 10.5 Å². The molecule has 0 saturated carbocycles. The molecule has 0 bridgehead atoms. The van der Waals surface area contributed by atoms with Gasteiger partial charge in [-0.3, -0.25) is 9.59 Å². The number of aldehydes is 1. The second kappa shape index (κ2) is 3.01. The van der Waals surface area contributed by atoms with Crippen molar-refractivity contribution in [3.63, 3.8) is 0 Å². The average molecular weight is 153 g/mol. The Hall–Kier alpha value is -1.58. The summed E-state index contributed by atoms with van der Waals surface area (Å²) >= 11 is 0. The Morgan fingerprint density at radius 1 is 1.73 bits per heavy atom. The molecule has 0 atom stereocenters. The van der Waals surface area contributed by atoms with E-state index >= 15 is 0 Å². The van der Waals surface area contributed by atoms with E-state index in [1.54, 1.807) is 6.08 Å². The standard InChI is InChI=1S/C7H7NO3/c8-7(10)5-2-1-3-11-6(5)4-9/h1-2,4H,3H2,(H2,8,10). The third kappa shape index (κ3) is 1.46. The highest BCUT2D eigenvalue weighted by molar-refractivity contribution is 5.99. The van der Waals surface area contributed by atoms with Crippen LogP contribution in [0, 0.1) is 0 Å². The van der Waals surface area contributed by atoms with Crippen molar-refractivity contribution < 1.29 is 14.3 Å². The molecule has 0 radical (unpaired) electrons. The van der Waals surface area contributed by atoms with Gasteiger partial charge in [0, 0.05) is 0 Å². The zero-order valence-corrected chi connectivity index (χ0v) is 5.74. The highest BCUT2D eigenvalue weighted by Gasteiger charge is 2.12. The summed E-state index contributed by atoms with van der Waals surface area (Å²) in [6.07, 6.45) is 3.58. The highest BCUT2D eigenvalue weighted by Crippen LogP contribution is 2.09. The molecule has 1 aliphatic rings. The SMILES string of the molecule is NC(=O)C1=C(C=O)OCC=C1. The first-order valence-electron chi connectivity index (χ1n) is 3.04. The van der Waals surface area contributed by atoms with Crippen molar-refractivity contribution in [1.82, 2.24) is 0 Å². The number of carbonyl (C=O) groups is 2. The Bertz CT molecular complexity index is 252. The van der Waals surface area contributed by atoms with Gasteiger partial charge in [0.05, 0.1) is 5.57 Å². The van der Waals surface area contributed by atoms with Crippen LogP contribution in [0.4, 0.5) is 0 Å². The zero-order valence-electron chi connectivity index (χ0n) is 5.74. The van der Waals surface area contributed by atoms with Crippen molar-refractivity contribution >= 4 is 12.2 Å². The monoisotopic (exact) mass is 153 g/mol. The molecule has 0 fully saturated rings. The van der Waals surface area contributed by atoms with Crippen LogP contribution < -0.4 is 5.73 Å². The number of nitrogens with two attached hydrogens (primary N) is 1. The van der Waals surface area contributed by atoms with Gasteiger partial charge >= 0.3 is 0 Å². The van der Waals surface area contributed by atoms with Gasteiger partial charge in [-0.25, -0.2) is 0 Å². The Morgan fingerprint density at radius 2 is 2.45 bits per heavy atom. The Labute approximate surface area is 63.3 Å². The summed E-state index contributed by atoms with van der Waals surface area (Å²) in [7, 11) is 0. The zero-order chi connectivity index (χ0) is 8.27. The van der Waals surface area contributed by atoms with E-state index in [9.17, 15) is 9.59 Å². The second-order valence-electron chi connectivity index (χ2n) is 1.97. The van der Waals surface area contributed by atoms with Gasteiger partial charge in [0.2, 0.25) is 0 Å². The third-order valence-electron chi connectivity index (χ3n) is 1.26. The van der Waals surface area contributed by atoms with Gasteiger partial charge in [0.25, 0.3) is 5.91 Å². The largest absolute Gasteiger partial charge is 0.485 e. The number of carbonyl (C=O) groups excluding carboxylic acids is 2. The van der Waals surface area contributed by atoms with E-state index in [1.807, 2.05) is 0 Å². The summed E-state index contributed by atoms with van der Waals surface area (Å²) < 4.78 is 4.82.